The lowest BCUT2D eigenvalue weighted by molar-refractivity contribution is 0.0487. The van der Waals surface area contributed by atoms with Crippen LogP contribution in [0.1, 0.15) is 50.2 Å². The van der Waals surface area contributed by atoms with E-state index in [2.05, 4.69) is 51.7 Å². The van der Waals surface area contributed by atoms with Crippen molar-refractivity contribution in [3.05, 3.63) is 35.4 Å². The van der Waals surface area contributed by atoms with Gasteiger partial charge in [-0.15, -0.1) is 24.0 Å². The highest BCUT2D eigenvalue weighted by Gasteiger charge is 2.12. The average molecular weight is 533 g/mol. The number of hydrogen-bond donors (Lipinski definition) is 2. The van der Waals surface area contributed by atoms with Gasteiger partial charge < -0.3 is 20.1 Å². The molecule has 7 heteroatoms. The third-order valence-electron chi connectivity index (χ3n) is 5.18. The number of nitrogens with one attached hydrogen (secondary N) is 2. The Morgan fingerprint density at radius 2 is 1.67 bits per heavy atom. The van der Waals surface area contributed by atoms with Crippen LogP contribution in [-0.4, -0.2) is 64.0 Å². The van der Waals surface area contributed by atoms with Crippen molar-refractivity contribution >= 4 is 29.9 Å². The fraction of sp³-hybridized carbons (Fsp3) is 0.696. The molecule has 0 amide bonds. The van der Waals surface area contributed by atoms with Crippen molar-refractivity contribution in [1.29, 1.82) is 0 Å². The van der Waals surface area contributed by atoms with Gasteiger partial charge in [-0.1, -0.05) is 44.0 Å². The fourth-order valence-corrected chi connectivity index (χ4v) is 3.45. The molecule has 1 aromatic carbocycles. The average Bonchev–Trinajstić information content (AvgIpc) is 2.76. The van der Waals surface area contributed by atoms with Crippen molar-refractivity contribution < 1.29 is 9.47 Å². The minimum absolute atomic E-state index is 0. The zero-order valence-corrected chi connectivity index (χ0v) is 21.2. The Morgan fingerprint density at radius 3 is 2.37 bits per heavy atom. The highest BCUT2D eigenvalue weighted by molar-refractivity contribution is 14.0. The summed E-state index contributed by atoms with van der Waals surface area (Å²) in [6.07, 6.45) is 6.30. The number of nitrogens with zero attached hydrogens (tertiary/aromatic N) is 2. The molecule has 172 valence electrons. The monoisotopic (exact) mass is 532 g/mol. The largest absolute Gasteiger partial charge is 0.379 e. The first-order valence-corrected chi connectivity index (χ1v) is 11.2. The number of halogens is 1. The number of rotatable bonds is 13. The summed E-state index contributed by atoms with van der Waals surface area (Å²) in [6.45, 7) is 9.92. The molecule has 1 aliphatic heterocycles. The third kappa shape index (κ3) is 11.5. The van der Waals surface area contributed by atoms with Crippen LogP contribution in [0.25, 0.3) is 0 Å². The van der Waals surface area contributed by atoms with Crippen LogP contribution >= 0.6 is 24.0 Å². The topological polar surface area (TPSA) is 58.1 Å². The summed E-state index contributed by atoms with van der Waals surface area (Å²) in [6, 6.07) is 8.71. The zero-order valence-electron chi connectivity index (χ0n) is 18.8. The van der Waals surface area contributed by atoms with E-state index in [1.165, 1.54) is 49.9 Å². The third-order valence-corrected chi connectivity index (χ3v) is 5.18. The van der Waals surface area contributed by atoms with Crippen LogP contribution in [0.2, 0.25) is 0 Å². The summed E-state index contributed by atoms with van der Waals surface area (Å²) < 4.78 is 11.1. The molecule has 0 spiro atoms. The molecule has 0 aromatic heterocycles. The molecule has 30 heavy (non-hydrogen) atoms. The van der Waals surface area contributed by atoms with E-state index in [1.807, 2.05) is 0 Å². The van der Waals surface area contributed by atoms with E-state index in [1.54, 1.807) is 7.05 Å². The summed E-state index contributed by atoms with van der Waals surface area (Å²) in [7, 11) is 1.80. The van der Waals surface area contributed by atoms with Crippen LogP contribution in [0.4, 0.5) is 0 Å². The fourth-order valence-electron chi connectivity index (χ4n) is 3.45. The zero-order chi connectivity index (χ0) is 20.6. The number of likely N-dealkylation sites (tertiary alicyclic amines) is 1. The van der Waals surface area contributed by atoms with Gasteiger partial charge in [-0.05, 0) is 43.5 Å². The molecule has 1 saturated heterocycles. The Labute approximate surface area is 200 Å². The molecule has 1 aliphatic rings. The van der Waals surface area contributed by atoms with Gasteiger partial charge in [0.25, 0.3) is 0 Å². The van der Waals surface area contributed by atoms with Crippen LogP contribution in [0.5, 0.6) is 0 Å². The predicted molar refractivity (Wildman–Crippen MR) is 136 cm³/mol. The molecular formula is C23H41IN4O2. The van der Waals surface area contributed by atoms with E-state index >= 15 is 0 Å². The van der Waals surface area contributed by atoms with Crippen molar-refractivity contribution in [2.45, 2.75) is 52.1 Å². The van der Waals surface area contributed by atoms with Gasteiger partial charge in [-0.3, -0.25) is 9.89 Å². The van der Waals surface area contributed by atoms with E-state index in [-0.39, 0.29) is 24.0 Å². The number of aliphatic imine (C=N–C) groups is 1. The van der Waals surface area contributed by atoms with Gasteiger partial charge in [0, 0.05) is 33.3 Å². The molecule has 6 nitrogen and oxygen atoms in total. The molecular weight excluding hydrogens is 491 g/mol. The standard InChI is InChI=1S/C23H40N4O2.HI/c1-3-4-15-28-17-18-29-16-12-25-23(24-2)26-19-21-10-6-7-11-22(21)20-27-13-8-5-9-14-27;/h6-7,10-11H,3-5,8-9,12-20H2,1-2H3,(H2,24,25,26);1H. The first-order valence-electron chi connectivity index (χ1n) is 11.2. The second kappa shape index (κ2) is 17.7. The van der Waals surface area contributed by atoms with Gasteiger partial charge in [0.15, 0.2) is 5.96 Å². The quantitative estimate of drug-likeness (QED) is 0.175. The van der Waals surface area contributed by atoms with Gasteiger partial charge in [0.2, 0.25) is 0 Å². The number of benzene rings is 1. The van der Waals surface area contributed by atoms with E-state index in [0.717, 1.165) is 38.6 Å². The normalized spacial score (nSPS) is 14.9. The van der Waals surface area contributed by atoms with Crippen molar-refractivity contribution in [2.24, 2.45) is 4.99 Å². The molecule has 0 aliphatic carbocycles. The summed E-state index contributed by atoms with van der Waals surface area (Å²) in [5, 5.41) is 6.74. The summed E-state index contributed by atoms with van der Waals surface area (Å²) >= 11 is 0. The molecule has 0 atom stereocenters. The molecule has 0 bridgehead atoms. The van der Waals surface area contributed by atoms with Crippen LogP contribution in [0.15, 0.2) is 29.3 Å². The highest BCUT2D eigenvalue weighted by atomic mass is 127. The Bertz CT molecular complexity index is 580. The van der Waals surface area contributed by atoms with Crippen molar-refractivity contribution in [3.8, 4) is 0 Å². The Kier molecular flexibility index (Phi) is 16.1. The van der Waals surface area contributed by atoms with Crippen LogP contribution < -0.4 is 10.6 Å². The summed E-state index contributed by atoms with van der Waals surface area (Å²) in [5.74, 6) is 0.806. The molecule has 1 fully saturated rings. The lowest BCUT2D eigenvalue weighted by Crippen LogP contribution is -2.39. The summed E-state index contributed by atoms with van der Waals surface area (Å²) in [5.41, 5.74) is 2.74. The number of guanidine groups is 1. The van der Waals surface area contributed by atoms with Crippen molar-refractivity contribution in [1.82, 2.24) is 15.5 Å². The lowest BCUT2D eigenvalue weighted by atomic mass is 10.0. The van der Waals surface area contributed by atoms with E-state index < -0.39 is 0 Å². The highest BCUT2D eigenvalue weighted by Crippen LogP contribution is 2.16. The van der Waals surface area contributed by atoms with Gasteiger partial charge in [-0.25, -0.2) is 0 Å². The smallest absolute Gasteiger partial charge is 0.191 e. The maximum atomic E-state index is 5.60. The van der Waals surface area contributed by atoms with Gasteiger partial charge in [0.05, 0.1) is 19.8 Å². The number of unbranched alkanes of at least 4 members (excludes halogenated alkanes) is 1. The van der Waals surface area contributed by atoms with Gasteiger partial charge >= 0.3 is 0 Å². The van der Waals surface area contributed by atoms with Gasteiger partial charge in [0.1, 0.15) is 0 Å². The van der Waals surface area contributed by atoms with E-state index in [0.29, 0.717) is 19.8 Å². The number of piperidine rings is 1. The molecule has 2 rings (SSSR count). The van der Waals surface area contributed by atoms with Crippen LogP contribution in [0.3, 0.4) is 0 Å². The molecule has 1 aromatic rings. The van der Waals surface area contributed by atoms with Gasteiger partial charge in [-0.2, -0.15) is 0 Å². The van der Waals surface area contributed by atoms with Crippen molar-refractivity contribution in [3.63, 3.8) is 0 Å². The van der Waals surface area contributed by atoms with E-state index in [9.17, 15) is 0 Å². The molecule has 0 saturated carbocycles. The SMILES string of the molecule is CCCCOCCOCCNC(=NC)NCc1ccccc1CN1CCCCC1.I. The first kappa shape index (κ1) is 27.1. The molecule has 0 unspecified atom stereocenters. The number of ether oxygens (including phenoxy) is 2. The molecule has 2 N–H and O–H groups in total. The second-order valence-electron chi connectivity index (χ2n) is 7.54. The van der Waals surface area contributed by atoms with Crippen LogP contribution in [0, 0.1) is 0 Å². The molecule has 0 radical (unpaired) electrons. The number of hydrogen-bond acceptors (Lipinski definition) is 4. The second-order valence-corrected chi connectivity index (χ2v) is 7.54. The maximum Gasteiger partial charge on any atom is 0.191 e. The minimum atomic E-state index is 0. The maximum absolute atomic E-state index is 5.60. The Morgan fingerprint density at radius 1 is 0.967 bits per heavy atom. The minimum Gasteiger partial charge on any atom is -0.379 e. The van der Waals surface area contributed by atoms with Crippen molar-refractivity contribution in [2.75, 3.05) is 53.1 Å². The summed E-state index contributed by atoms with van der Waals surface area (Å²) in [4.78, 5) is 6.89. The molecule has 1 heterocycles. The van der Waals surface area contributed by atoms with Crippen LogP contribution in [-0.2, 0) is 22.6 Å². The lowest BCUT2D eigenvalue weighted by Gasteiger charge is -2.27. The first-order chi connectivity index (χ1) is 14.3. The Balaban J connectivity index is 0.00000450. The van der Waals surface area contributed by atoms with E-state index in [4.69, 9.17) is 9.47 Å². The predicted octanol–water partition coefficient (Wildman–Crippen LogP) is 3.79. The Hall–Kier alpha value is -0.900.